The Balaban J connectivity index is 0.621. The second-order valence-corrected chi connectivity index (χ2v) is 31.3. The monoisotopic (exact) mass is 1100 g/mol. The van der Waals surface area contributed by atoms with E-state index in [1.807, 2.05) is 11.8 Å². The number of fused-ring (bicyclic) bond motifs is 2. The number of benzene rings is 2. The van der Waals surface area contributed by atoms with Gasteiger partial charge in [-0.1, -0.05) is 81.4 Å². The number of aliphatic imine (C=N–C) groups is 2. The summed E-state index contributed by atoms with van der Waals surface area (Å²) in [7, 11) is -2.59. The van der Waals surface area contributed by atoms with Crippen molar-refractivity contribution in [3.8, 4) is 0 Å². The van der Waals surface area contributed by atoms with Crippen molar-refractivity contribution in [3.63, 3.8) is 0 Å². The van der Waals surface area contributed by atoms with Crippen molar-refractivity contribution < 1.29 is 23.5 Å². The van der Waals surface area contributed by atoms with Crippen molar-refractivity contribution in [1.82, 2.24) is 41.7 Å². The maximum absolute atomic E-state index is 11.0. The molecule has 2 aromatic carbocycles. The van der Waals surface area contributed by atoms with Gasteiger partial charge in [0.2, 0.25) is 0 Å². The number of thioether (sulfide) groups is 4. The van der Waals surface area contributed by atoms with Gasteiger partial charge in [0, 0.05) is 104 Å². The summed E-state index contributed by atoms with van der Waals surface area (Å²) in [5.74, 6) is 11.4. The third-order valence-electron chi connectivity index (χ3n) is 16.2. The zero-order valence-electron chi connectivity index (χ0n) is 44.1. The molecule has 10 rings (SSSR count). The number of carbonyl (C=O) groups is 1. The Morgan fingerprint density at radius 3 is 1.41 bits per heavy atom. The normalized spacial score (nSPS) is 28.0. The molecule has 0 aliphatic carbocycles. The second kappa shape index (κ2) is 25.4. The fourth-order valence-corrected chi connectivity index (χ4v) is 21.0. The molecular formula is C54H84N12O3S4Si+2. The zero-order valence-corrected chi connectivity index (χ0v) is 48.4. The summed E-state index contributed by atoms with van der Waals surface area (Å²) in [6.07, 6.45) is 9.05. The van der Waals surface area contributed by atoms with Crippen LogP contribution in [0.1, 0.15) is 72.1 Å². The molecule has 8 aliphatic rings. The third kappa shape index (κ3) is 13.6. The van der Waals surface area contributed by atoms with Crippen LogP contribution in [0.2, 0.25) is 5.04 Å². The lowest BCUT2D eigenvalue weighted by molar-refractivity contribution is -0.542. The van der Waals surface area contributed by atoms with Crippen LogP contribution in [0.15, 0.2) is 70.6 Å². The van der Waals surface area contributed by atoms with Gasteiger partial charge in [0.1, 0.15) is 0 Å². The fourth-order valence-electron chi connectivity index (χ4n) is 12.0. The van der Waals surface area contributed by atoms with Crippen LogP contribution in [0.3, 0.4) is 0 Å². The summed E-state index contributed by atoms with van der Waals surface area (Å²) in [5.41, 5.74) is 0. The van der Waals surface area contributed by atoms with E-state index in [4.69, 9.17) is 19.5 Å². The smallest absolute Gasteiger partial charge is 0.346 e. The van der Waals surface area contributed by atoms with E-state index in [-0.39, 0.29) is 16.8 Å². The van der Waals surface area contributed by atoms with Crippen LogP contribution in [0.4, 0.5) is 0 Å². The van der Waals surface area contributed by atoms with E-state index >= 15 is 0 Å². The maximum atomic E-state index is 11.0. The summed E-state index contributed by atoms with van der Waals surface area (Å²) in [6, 6.07) is 25.2. The Kier molecular flexibility index (Phi) is 18.5. The van der Waals surface area contributed by atoms with Gasteiger partial charge in [-0.15, -0.1) is 11.8 Å². The van der Waals surface area contributed by atoms with Gasteiger partial charge in [-0.25, -0.2) is 9.98 Å². The number of nitrogens with zero attached hydrogens (tertiary/aromatic N) is 6. The largest absolute Gasteiger partial charge is 0.481 e. The van der Waals surface area contributed by atoms with Gasteiger partial charge in [-0.2, -0.15) is 35.3 Å². The minimum atomic E-state index is -2.59. The SMILES string of the molecule is CC(C)(C)[Si](OC[C@H]1CC[N+]2=C(N1)N[C@@H](CSC[C@H]1CC[N+]3=C(N[C@@H](CSC[C@H]4CCN5CC[C@H](CSC[C@H]6CCN7CC[C@H](CSCC(=O)O)NC7=N6)NC5=N4)CC3)N1)CC2)(c1ccccc1)c1ccccc1. The molecule has 8 atom stereocenters. The first kappa shape index (κ1) is 53.9. The predicted molar refractivity (Wildman–Crippen MR) is 315 cm³/mol. The number of hydrogen-bond donors (Lipinski definition) is 7. The van der Waals surface area contributed by atoms with Crippen molar-refractivity contribution in [2.75, 3.05) is 105 Å². The Labute approximate surface area is 459 Å². The molecule has 20 heteroatoms. The number of hydrogen-bond acceptors (Lipinski definition) is 16. The van der Waals surface area contributed by atoms with E-state index in [9.17, 15) is 4.79 Å². The van der Waals surface area contributed by atoms with Gasteiger partial charge in [0.15, 0.2) is 11.9 Å². The molecule has 0 saturated carbocycles. The molecule has 7 N–H and O–H groups in total. The predicted octanol–water partition coefficient (Wildman–Crippen LogP) is 3.35. The number of carboxylic acid groups (broad SMARTS) is 1. The molecule has 0 radical (unpaired) electrons. The van der Waals surface area contributed by atoms with E-state index in [1.54, 1.807) is 0 Å². The highest BCUT2D eigenvalue weighted by atomic mass is 32.2. The molecule has 404 valence electrons. The van der Waals surface area contributed by atoms with Crippen LogP contribution in [0, 0.1) is 0 Å². The number of guanidine groups is 4. The van der Waals surface area contributed by atoms with Crippen molar-refractivity contribution in [1.29, 1.82) is 0 Å². The minimum absolute atomic E-state index is 0.0358. The van der Waals surface area contributed by atoms with Crippen LogP contribution >= 0.6 is 47.0 Å². The van der Waals surface area contributed by atoms with Crippen LogP contribution in [-0.4, -0.2) is 216 Å². The topological polar surface area (TPSA) is 156 Å². The number of aliphatic carboxylic acids is 1. The van der Waals surface area contributed by atoms with Gasteiger partial charge in [-0.05, 0) is 41.1 Å². The summed E-state index contributed by atoms with van der Waals surface area (Å²) < 4.78 is 12.4. The Hall–Kier alpha value is -3.43. The molecule has 8 heterocycles. The Morgan fingerprint density at radius 1 is 0.568 bits per heavy atom. The van der Waals surface area contributed by atoms with Crippen LogP contribution in [0.25, 0.3) is 0 Å². The number of carboxylic acids is 1. The molecule has 2 saturated heterocycles. The lowest BCUT2D eigenvalue weighted by atomic mass is 10.1. The highest BCUT2D eigenvalue weighted by Gasteiger charge is 2.51. The van der Waals surface area contributed by atoms with Crippen molar-refractivity contribution in [2.24, 2.45) is 9.98 Å². The van der Waals surface area contributed by atoms with E-state index in [0.717, 1.165) is 137 Å². The number of nitrogens with one attached hydrogen (secondary N) is 6. The van der Waals surface area contributed by atoms with E-state index in [2.05, 4.69) is 156 Å². The van der Waals surface area contributed by atoms with Crippen LogP contribution < -0.4 is 42.3 Å². The van der Waals surface area contributed by atoms with E-state index in [0.29, 0.717) is 48.9 Å². The van der Waals surface area contributed by atoms with Gasteiger partial charge in [0.05, 0.1) is 74.8 Å². The van der Waals surface area contributed by atoms with Gasteiger partial charge < -0.3 is 30.0 Å². The molecule has 0 bridgehead atoms. The molecule has 8 aliphatic heterocycles. The summed E-state index contributed by atoms with van der Waals surface area (Å²) in [6.45, 7) is 16.4. The molecule has 0 aromatic heterocycles. The zero-order chi connectivity index (χ0) is 50.9. The first-order valence-corrected chi connectivity index (χ1v) is 34.3. The molecule has 74 heavy (non-hydrogen) atoms. The van der Waals surface area contributed by atoms with E-state index in [1.165, 1.54) is 53.3 Å². The minimum Gasteiger partial charge on any atom is -0.481 e. The first-order chi connectivity index (χ1) is 36.0. The van der Waals surface area contributed by atoms with Crippen molar-refractivity contribution in [3.05, 3.63) is 60.7 Å². The summed E-state index contributed by atoms with van der Waals surface area (Å²) in [5, 5.41) is 34.9. The quantitative estimate of drug-likeness (QED) is 0.0722. The summed E-state index contributed by atoms with van der Waals surface area (Å²) in [4.78, 5) is 26.2. The lowest BCUT2D eigenvalue weighted by Gasteiger charge is -2.44. The standard InChI is InChI=1S/C54H82N12O3S4Si/c1-54(2,3)74(47-10-6-4-7-11-47,48-12-8-5-9-13-48)69-30-39-14-22-63-23-15-40(56-50(63)55-39)31-70-32-41-16-24-64-25-17-42(58-51(64)57-41)33-71-34-43-18-26-65-27-19-44(60-52(65)59-43)35-72-36-45-20-28-66-29-21-46(62-53(66)61-45)37-73-38-49(67)68/h4-13,39-46H,14-38H2,1-3H3,(H5,55,56,57,58,59,60,61,62,67,68)/p+2/t39-,40-,41-,42-,43-,44-,45-,46-/m1/s1. The lowest BCUT2D eigenvalue weighted by Crippen LogP contribution is -2.68. The highest BCUT2D eigenvalue weighted by Crippen LogP contribution is 2.37. The van der Waals surface area contributed by atoms with E-state index < -0.39 is 14.3 Å². The van der Waals surface area contributed by atoms with Gasteiger partial charge in [0.25, 0.3) is 8.32 Å². The Bertz CT molecular complexity index is 2290. The Morgan fingerprint density at radius 2 is 0.959 bits per heavy atom. The molecule has 2 aromatic rings. The average molecular weight is 1110 g/mol. The molecule has 2 fully saturated rings. The number of rotatable bonds is 21. The van der Waals surface area contributed by atoms with Crippen LogP contribution in [0.5, 0.6) is 0 Å². The first-order valence-electron chi connectivity index (χ1n) is 27.8. The highest BCUT2D eigenvalue weighted by molar-refractivity contribution is 8.00. The van der Waals surface area contributed by atoms with Gasteiger partial charge in [-0.3, -0.25) is 35.2 Å². The average Bonchev–Trinajstić information content (AvgIpc) is 3.42. The maximum Gasteiger partial charge on any atom is 0.346 e. The third-order valence-corrected chi connectivity index (χ3v) is 26.1. The molecule has 0 amide bonds. The fraction of sp³-hybridized carbons (Fsp3) is 0.685. The molecule has 0 spiro atoms. The van der Waals surface area contributed by atoms with Crippen LogP contribution in [-0.2, 0) is 9.22 Å². The van der Waals surface area contributed by atoms with Gasteiger partial charge >= 0.3 is 17.9 Å². The van der Waals surface area contributed by atoms with Crippen molar-refractivity contribution in [2.45, 2.75) is 126 Å². The molecule has 15 nitrogen and oxygen atoms in total. The molecule has 0 unspecified atom stereocenters. The second-order valence-electron chi connectivity index (χ2n) is 22.7. The van der Waals surface area contributed by atoms with Crippen molar-refractivity contribution >= 4 is 95.5 Å². The molecular weight excluding hydrogens is 1020 g/mol. The summed E-state index contributed by atoms with van der Waals surface area (Å²) >= 11 is 7.69.